The molecular weight excluding hydrogens is 419 g/mol. The van der Waals surface area contributed by atoms with E-state index in [1.165, 1.54) is 24.3 Å². The summed E-state index contributed by atoms with van der Waals surface area (Å²) in [5.74, 6) is -6.84. The number of benzene rings is 3. The van der Waals surface area contributed by atoms with E-state index in [-0.39, 0.29) is 16.5 Å². The van der Waals surface area contributed by atoms with Gasteiger partial charge in [-0.1, -0.05) is 62.2 Å². The highest BCUT2D eigenvalue weighted by molar-refractivity contribution is 5.91. The summed E-state index contributed by atoms with van der Waals surface area (Å²) < 4.78 is 73.9. The van der Waals surface area contributed by atoms with Crippen molar-refractivity contribution in [3.8, 4) is 0 Å². The van der Waals surface area contributed by atoms with E-state index in [1.54, 1.807) is 18.2 Å². The van der Waals surface area contributed by atoms with E-state index in [1.807, 2.05) is 6.92 Å². The van der Waals surface area contributed by atoms with Crippen molar-refractivity contribution in [2.75, 3.05) is 0 Å². The van der Waals surface area contributed by atoms with Crippen LogP contribution >= 0.6 is 0 Å². The highest BCUT2D eigenvalue weighted by Gasteiger charge is 2.23. The highest BCUT2D eigenvalue weighted by Crippen LogP contribution is 2.35. The second-order valence-corrected chi connectivity index (χ2v) is 7.80. The van der Waals surface area contributed by atoms with Crippen LogP contribution in [-0.2, 0) is 12.8 Å². The van der Waals surface area contributed by atoms with Crippen molar-refractivity contribution in [3.05, 3.63) is 94.8 Å². The van der Waals surface area contributed by atoms with E-state index in [9.17, 15) is 22.0 Å². The summed E-state index contributed by atoms with van der Waals surface area (Å²) in [6, 6.07) is 9.87. The number of aryl methyl sites for hydroxylation is 2. The van der Waals surface area contributed by atoms with Gasteiger partial charge in [0.15, 0.2) is 23.3 Å². The van der Waals surface area contributed by atoms with Crippen molar-refractivity contribution in [1.29, 1.82) is 0 Å². The third-order valence-electron chi connectivity index (χ3n) is 5.53. The Kier molecular flexibility index (Phi) is 7.84. The maximum absolute atomic E-state index is 14.9. The first kappa shape index (κ1) is 23.7. The van der Waals surface area contributed by atoms with E-state index in [2.05, 4.69) is 6.58 Å². The predicted octanol–water partition coefficient (Wildman–Crippen LogP) is 8.87. The minimum atomic E-state index is -1.61. The topological polar surface area (TPSA) is 0 Å². The molecule has 0 N–H and O–H groups in total. The van der Waals surface area contributed by atoms with Gasteiger partial charge < -0.3 is 0 Å². The van der Waals surface area contributed by atoms with Crippen LogP contribution in [0.4, 0.5) is 22.0 Å². The van der Waals surface area contributed by atoms with Gasteiger partial charge in [-0.15, -0.1) is 6.58 Å². The quantitative estimate of drug-likeness (QED) is 0.134. The van der Waals surface area contributed by atoms with E-state index < -0.39 is 40.1 Å². The fourth-order valence-corrected chi connectivity index (χ4v) is 3.67. The fraction of sp³-hybridized carbons (Fsp3) is 0.259. The first-order chi connectivity index (χ1) is 15.4. The van der Waals surface area contributed by atoms with Gasteiger partial charge in [0.1, 0.15) is 5.82 Å². The molecule has 0 spiro atoms. The van der Waals surface area contributed by atoms with Crippen molar-refractivity contribution < 1.29 is 22.0 Å². The van der Waals surface area contributed by atoms with Crippen LogP contribution in [0.5, 0.6) is 0 Å². The molecule has 0 bridgehead atoms. The molecule has 3 aromatic rings. The summed E-state index contributed by atoms with van der Waals surface area (Å²) in [7, 11) is 0. The maximum atomic E-state index is 14.9. The summed E-state index contributed by atoms with van der Waals surface area (Å²) in [6.45, 7) is 5.64. The second-order valence-electron chi connectivity index (χ2n) is 7.80. The molecule has 0 saturated heterocycles. The Bertz CT molecular complexity index is 1140. The molecular formula is C27H25F5. The van der Waals surface area contributed by atoms with Crippen LogP contribution in [-0.4, -0.2) is 0 Å². The summed E-state index contributed by atoms with van der Waals surface area (Å²) in [4.78, 5) is 0. The molecule has 0 aliphatic heterocycles. The van der Waals surface area contributed by atoms with Crippen LogP contribution in [0.15, 0.2) is 55.1 Å². The largest absolute Gasteiger partial charge is 0.206 e. The van der Waals surface area contributed by atoms with E-state index in [4.69, 9.17) is 0 Å². The lowest BCUT2D eigenvalue weighted by Gasteiger charge is -2.11. The average molecular weight is 444 g/mol. The summed E-state index contributed by atoms with van der Waals surface area (Å²) in [5, 5.41) is -0.571. The monoisotopic (exact) mass is 444 g/mol. The standard InChI is InChI=1S/C27H25F5/c1-3-5-7-9-18-14-15-20-16-21(26(31)27(32)22(20)23(18)28)25(30)24(29)19-12-10-17(11-13-19)8-6-4-2/h4,10-16H,2-3,5-9H2,1H3. The van der Waals surface area contributed by atoms with Gasteiger partial charge in [-0.2, -0.15) is 0 Å². The third-order valence-corrected chi connectivity index (χ3v) is 5.53. The molecule has 0 amide bonds. The number of allylic oxidation sites excluding steroid dienone is 1. The average Bonchev–Trinajstić information content (AvgIpc) is 2.80. The molecule has 3 rings (SSSR count). The van der Waals surface area contributed by atoms with Crippen molar-refractivity contribution in [1.82, 2.24) is 0 Å². The molecule has 0 fully saturated rings. The Morgan fingerprint density at radius 1 is 0.844 bits per heavy atom. The number of rotatable bonds is 9. The van der Waals surface area contributed by atoms with Crippen LogP contribution in [0.3, 0.4) is 0 Å². The zero-order valence-corrected chi connectivity index (χ0v) is 18.0. The van der Waals surface area contributed by atoms with Crippen LogP contribution in [0.1, 0.15) is 54.9 Å². The number of halogens is 5. The number of unbranched alkanes of at least 4 members (excludes halogenated alkanes) is 2. The number of hydrogen-bond acceptors (Lipinski definition) is 0. The third kappa shape index (κ3) is 4.93. The first-order valence-electron chi connectivity index (χ1n) is 10.7. The normalized spacial score (nSPS) is 12.2. The Morgan fingerprint density at radius 3 is 2.22 bits per heavy atom. The lowest BCUT2D eigenvalue weighted by atomic mass is 9.98. The molecule has 0 nitrogen and oxygen atoms in total. The zero-order chi connectivity index (χ0) is 23.3. The van der Waals surface area contributed by atoms with Gasteiger partial charge in [-0.05, 0) is 48.3 Å². The molecule has 0 aromatic heterocycles. The lowest BCUT2D eigenvalue weighted by molar-refractivity contribution is 0.505. The Morgan fingerprint density at radius 2 is 1.56 bits per heavy atom. The van der Waals surface area contributed by atoms with Crippen LogP contribution in [0.25, 0.3) is 22.4 Å². The van der Waals surface area contributed by atoms with Gasteiger partial charge >= 0.3 is 0 Å². The molecule has 5 heteroatoms. The minimum Gasteiger partial charge on any atom is -0.206 e. The summed E-state index contributed by atoms with van der Waals surface area (Å²) in [6.07, 6.45) is 6.13. The Hall–Kier alpha value is -2.95. The molecule has 3 aromatic carbocycles. The molecule has 0 saturated carbocycles. The zero-order valence-electron chi connectivity index (χ0n) is 18.0. The van der Waals surface area contributed by atoms with Crippen LogP contribution in [0.2, 0.25) is 0 Å². The minimum absolute atomic E-state index is 0.0293. The molecule has 0 atom stereocenters. The maximum Gasteiger partial charge on any atom is 0.170 e. The van der Waals surface area contributed by atoms with Crippen molar-refractivity contribution in [2.45, 2.75) is 45.4 Å². The summed E-state index contributed by atoms with van der Waals surface area (Å²) >= 11 is 0. The van der Waals surface area contributed by atoms with E-state index in [0.29, 0.717) is 12.8 Å². The molecule has 0 unspecified atom stereocenters. The first-order valence-corrected chi connectivity index (χ1v) is 10.7. The van der Waals surface area contributed by atoms with Crippen LogP contribution < -0.4 is 0 Å². The van der Waals surface area contributed by atoms with Crippen molar-refractivity contribution >= 4 is 22.4 Å². The lowest BCUT2D eigenvalue weighted by Crippen LogP contribution is -2.00. The van der Waals surface area contributed by atoms with E-state index in [0.717, 1.165) is 37.3 Å². The Labute approximate surface area is 185 Å². The number of hydrogen-bond donors (Lipinski definition) is 0. The highest BCUT2D eigenvalue weighted by atomic mass is 19.2. The summed E-state index contributed by atoms with van der Waals surface area (Å²) in [5.41, 5.74) is 0.217. The van der Waals surface area contributed by atoms with Crippen molar-refractivity contribution in [3.63, 3.8) is 0 Å². The number of fused-ring (bicyclic) bond motifs is 1. The van der Waals surface area contributed by atoms with Gasteiger partial charge in [-0.3, -0.25) is 0 Å². The van der Waals surface area contributed by atoms with Gasteiger partial charge in [0.25, 0.3) is 0 Å². The molecule has 0 heterocycles. The van der Waals surface area contributed by atoms with Gasteiger partial charge in [0.05, 0.1) is 10.9 Å². The SMILES string of the molecule is C=CCCc1ccc(C(F)=C(F)c2cc3ccc(CCCCC)c(F)c3c(F)c2F)cc1. The van der Waals surface area contributed by atoms with Gasteiger partial charge in [-0.25, -0.2) is 22.0 Å². The molecule has 32 heavy (non-hydrogen) atoms. The Balaban J connectivity index is 2.01. The molecule has 0 radical (unpaired) electrons. The fourth-order valence-electron chi connectivity index (χ4n) is 3.67. The van der Waals surface area contributed by atoms with Crippen molar-refractivity contribution in [2.24, 2.45) is 0 Å². The smallest absolute Gasteiger partial charge is 0.170 e. The predicted molar refractivity (Wildman–Crippen MR) is 121 cm³/mol. The second kappa shape index (κ2) is 10.6. The van der Waals surface area contributed by atoms with Gasteiger partial charge in [0.2, 0.25) is 0 Å². The van der Waals surface area contributed by atoms with Crippen LogP contribution in [0, 0.1) is 17.5 Å². The molecule has 168 valence electrons. The van der Waals surface area contributed by atoms with E-state index >= 15 is 0 Å². The molecule has 0 aliphatic rings. The molecule has 0 aliphatic carbocycles. The van der Waals surface area contributed by atoms with Gasteiger partial charge in [0, 0.05) is 5.56 Å².